The summed E-state index contributed by atoms with van der Waals surface area (Å²) < 4.78 is 5.24. The van der Waals surface area contributed by atoms with Gasteiger partial charge in [-0.15, -0.1) is 11.3 Å². The highest BCUT2D eigenvalue weighted by atomic mass is 32.1. The lowest BCUT2D eigenvalue weighted by Crippen LogP contribution is -2.40. The van der Waals surface area contributed by atoms with Crippen LogP contribution in [-0.2, 0) is 13.0 Å². The number of piperidine rings is 1. The van der Waals surface area contributed by atoms with E-state index in [1.165, 1.54) is 47.8 Å². The predicted octanol–water partition coefficient (Wildman–Crippen LogP) is 4.45. The molecular weight excluding hydrogens is 340 g/mol. The zero-order chi connectivity index (χ0) is 18.4. The Kier molecular flexibility index (Phi) is 7.12. The third-order valence-corrected chi connectivity index (χ3v) is 6.26. The van der Waals surface area contributed by atoms with Crippen molar-refractivity contribution in [2.45, 2.75) is 32.7 Å². The number of rotatable bonds is 8. The highest BCUT2D eigenvalue weighted by molar-refractivity contribution is 7.11. The van der Waals surface area contributed by atoms with Crippen molar-refractivity contribution in [2.75, 3.05) is 40.3 Å². The van der Waals surface area contributed by atoms with E-state index in [2.05, 4.69) is 60.2 Å². The van der Waals surface area contributed by atoms with Crippen molar-refractivity contribution >= 4 is 11.3 Å². The molecule has 2 heterocycles. The average molecular weight is 373 g/mol. The van der Waals surface area contributed by atoms with Crippen LogP contribution < -0.4 is 4.74 Å². The van der Waals surface area contributed by atoms with Gasteiger partial charge in [0, 0.05) is 35.9 Å². The number of thiophene rings is 1. The van der Waals surface area contributed by atoms with E-state index in [-0.39, 0.29) is 0 Å². The molecule has 1 atom stereocenters. The van der Waals surface area contributed by atoms with Crippen LogP contribution in [0.4, 0.5) is 0 Å². The predicted molar refractivity (Wildman–Crippen MR) is 111 cm³/mol. The van der Waals surface area contributed by atoms with E-state index in [0.717, 1.165) is 31.2 Å². The maximum Gasteiger partial charge on any atom is 0.118 e. The minimum atomic E-state index is 0.797. The fraction of sp³-hybridized carbons (Fsp3) is 0.545. The summed E-state index contributed by atoms with van der Waals surface area (Å²) in [6, 6.07) is 13.0. The molecule has 1 aliphatic rings. The van der Waals surface area contributed by atoms with Gasteiger partial charge in [0.05, 0.1) is 7.11 Å². The molecule has 3 rings (SSSR count). The van der Waals surface area contributed by atoms with Crippen molar-refractivity contribution < 1.29 is 4.74 Å². The second-order valence-electron chi connectivity index (χ2n) is 7.62. The van der Waals surface area contributed by atoms with Crippen molar-refractivity contribution in [2.24, 2.45) is 5.92 Å². The summed E-state index contributed by atoms with van der Waals surface area (Å²) in [5.41, 5.74) is 1.40. The lowest BCUT2D eigenvalue weighted by Gasteiger charge is -2.34. The normalized spacial score (nSPS) is 18.4. The van der Waals surface area contributed by atoms with Gasteiger partial charge < -0.3 is 14.5 Å². The Hall–Kier alpha value is -1.36. The van der Waals surface area contributed by atoms with Gasteiger partial charge in [0.25, 0.3) is 0 Å². The standard InChI is InChI=1S/C22H32N2OS/c1-18-6-11-22(26-18)17-23(2)15-20-5-4-13-24(16-20)14-12-19-7-9-21(25-3)10-8-19/h6-11,20H,4-5,12-17H2,1-3H3. The van der Waals surface area contributed by atoms with Gasteiger partial charge in [0.1, 0.15) is 5.75 Å². The first-order chi connectivity index (χ1) is 12.6. The van der Waals surface area contributed by atoms with Gasteiger partial charge in [-0.1, -0.05) is 12.1 Å². The minimum absolute atomic E-state index is 0.797. The van der Waals surface area contributed by atoms with Crippen LogP contribution in [0.15, 0.2) is 36.4 Å². The van der Waals surface area contributed by atoms with Crippen LogP contribution in [0.1, 0.15) is 28.2 Å². The smallest absolute Gasteiger partial charge is 0.118 e. The molecular formula is C22H32N2OS. The number of likely N-dealkylation sites (tertiary alicyclic amines) is 1. The van der Waals surface area contributed by atoms with Gasteiger partial charge in [0.15, 0.2) is 0 Å². The number of hydrogen-bond acceptors (Lipinski definition) is 4. The fourth-order valence-electron chi connectivity index (χ4n) is 3.92. The Morgan fingerprint density at radius 2 is 2.00 bits per heavy atom. The molecule has 4 heteroatoms. The molecule has 0 bridgehead atoms. The molecule has 0 radical (unpaired) electrons. The van der Waals surface area contributed by atoms with E-state index in [0.29, 0.717) is 0 Å². The van der Waals surface area contributed by atoms with Crippen molar-refractivity contribution in [1.82, 2.24) is 9.80 Å². The number of benzene rings is 1. The molecule has 0 amide bonds. The maximum atomic E-state index is 5.24. The summed E-state index contributed by atoms with van der Waals surface area (Å²) >= 11 is 1.93. The molecule has 1 aromatic heterocycles. The molecule has 1 fully saturated rings. The first kappa shape index (κ1) is 19.4. The van der Waals surface area contributed by atoms with E-state index < -0.39 is 0 Å². The Morgan fingerprint density at radius 1 is 1.19 bits per heavy atom. The number of nitrogens with zero attached hydrogens (tertiary/aromatic N) is 2. The summed E-state index contributed by atoms with van der Waals surface area (Å²) in [5, 5.41) is 0. The van der Waals surface area contributed by atoms with E-state index >= 15 is 0 Å². The topological polar surface area (TPSA) is 15.7 Å². The SMILES string of the molecule is COc1ccc(CCN2CCCC(CN(C)Cc3ccc(C)s3)C2)cc1. The zero-order valence-corrected chi connectivity index (χ0v) is 17.2. The number of ether oxygens (including phenoxy) is 1. The van der Waals surface area contributed by atoms with Crippen LogP contribution in [-0.4, -0.2) is 50.1 Å². The third-order valence-electron chi connectivity index (χ3n) is 5.27. The van der Waals surface area contributed by atoms with Crippen molar-refractivity contribution in [3.05, 3.63) is 51.7 Å². The van der Waals surface area contributed by atoms with Crippen LogP contribution in [0.25, 0.3) is 0 Å². The minimum Gasteiger partial charge on any atom is -0.497 e. The first-order valence-corrected chi connectivity index (χ1v) is 10.5. The highest BCUT2D eigenvalue weighted by Gasteiger charge is 2.21. The van der Waals surface area contributed by atoms with Crippen LogP contribution in [0, 0.1) is 12.8 Å². The van der Waals surface area contributed by atoms with Crippen LogP contribution in [0.2, 0.25) is 0 Å². The van der Waals surface area contributed by atoms with Gasteiger partial charge in [-0.2, -0.15) is 0 Å². The fourth-order valence-corrected chi connectivity index (χ4v) is 4.89. The van der Waals surface area contributed by atoms with E-state index in [1.807, 2.05) is 11.3 Å². The molecule has 26 heavy (non-hydrogen) atoms. The Morgan fingerprint density at radius 3 is 2.69 bits per heavy atom. The summed E-state index contributed by atoms with van der Waals surface area (Å²) in [4.78, 5) is 8.05. The second-order valence-corrected chi connectivity index (χ2v) is 8.99. The van der Waals surface area contributed by atoms with E-state index in [4.69, 9.17) is 4.74 Å². The van der Waals surface area contributed by atoms with Gasteiger partial charge in [0.2, 0.25) is 0 Å². The van der Waals surface area contributed by atoms with Crippen LogP contribution in [0.3, 0.4) is 0 Å². The van der Waals surface area contributed by atoms with Gasteiger partial charge in [-0.25, -0.2) is 0 Å². The molecule has 0 saturated carbocycles. The molecule has 0 aliphatic carbocycles. The number of methoxy groups -OCH3 is 1. The van der Waals surface area contributed by atoms with Crippen molar-refractivity contribution in [3.63, 3.8) is 0 Å². The number of aryl methyl sites for hydroxylation is 1. The van der Waals surface area contributed by atoms with E-state index in [1.54, 1.807) is 7.11 Å². The molecule has 142 valence electrons. The van der Waals surface area contributed by atoms with Crippen LogP contribution in [0.5, 0.6) is 5.75 Å². The highest BCUT2D eigenvalue weighted by Crippen LogP contribution is 2.21. The summed E-state index contributed by atoms with van der Waals surface area (Å²) in [5.74, 6) is 1.74. The van der Waals surface area contributed by atoms with Crippen LogP contribution >= 0.6 is 11.3 Å². The largest absolute Gasteiger partial charge is 0.497 e. The lowest BCUT2D eigenvalue weighted by atomic mass is 9.97. The van der Waals surface area contributed by atoms with Crippen molar-refractivity contribution in [1.29, 1.82) is 0 Å². The molecule has 1 unspecified atom stereocenters. The molecule has 0 spiro atoms. The van der Waals surface area contributed by atoms with Gasteiger partial charge >= 0.3 is 0 Å². The quantitative estimate of drug-likeness (QED) is 0.681. The van der Waals surface area contributed by atoms with Gasteiger partial charge in [-0.3, -0.25) is 0 Å². The maximum absolute atomic E-state index is 5.24. The summed E-state index contributed by atoms with van der Waals surface area (Å²) in [6.07, 6.45) is 3.83. The molecule has 3 nitrogen and oxygen atoms in total. The molecule has 2 aromatic rings. The lowest BCUT2D eigenvalue weighted by molar-refractivity contribution is 0.143. The Bertz CT molecular complexity index is 667. The Balaban J connectivity index is 1.42. The summed E-state index contributed by atoms with van der Waals surface area (Å²) in [6.45, 7) is 8.13. The number of hydrogen-bond donors (Lipinski definition) is 0. The molecule has 1 aromatic carbocycles. The molecule has 0 N–H and O–H groups in total. The third kappa shape index (κ3) is 5.83. The second kappa shape index (κ2) is 9.54. The average Bonchev–Trinajstić information content (AvgIpc) is 3.05. The molecule has 1 aliphatic heterocycles. The molecule has 1 saturated heterocycles. The monoisotopic (exact) mass is 372 g/mol. The van der Waals surface area contributed by atoms with Gasteiger partial charge in [-0.05, 0) is 75.5 Å². The summed E-state index contributed by atoms with van der Waals surface area (Å²) in [7, 11) is 3.99. The zero-order valence-electron chi connectivity index (χ0n) is 16.4. The first-order valence-electron chi connectivity index (χ1n) is 9.71. The van der Waals surface area contributed by atoms with E-state index in [9.17, 15) is 0 Å². The Labute approximate surface area is 162 Å². The van der Waals surface area contributed by atoms with Crippen molar-refractivity contribution in [3.8, 4) is 5.75 Å².